The summed E-state index contributed by atoms with van der Waals surface area (Å²) < 4.78 is 17.1. The van der Waals surface area contributed by atoms with Crippen LogP contribution in [0.15, 0.2) is 35.9 Å². The van der Waals surface area contributed by atoms with Crippen molar-refractivity contribution in [3.63, 3.8) is 0 Å². The maximum Gasteiger partial charge on any atom is 0.338 e. The normalized spacial score (nSPS) is 30.3. The molecule has 0 unspecified atom stereocenters. The Morgan fingerprint density at radius 2 is 1.85 bits per heavy atom. The number of carbonyl (C=O) groups excluding carboxylic acids is 1. The molecule has 0 amide bonds. The van der Waals surface area contributed by atoms with E-state index in [-0.39, 0.29) is 23.1 Å². The van der Waals surface area contributed by atoms with Gasteiger partial charge in [0.1, 0.15) is 11.9 Å². The van der Waals surface area contributed by atoms with Crippen LogP contribution in [0.3, 0.4) is 0 Å². The Labute approximate surface area is 162 Å². The molecule has 0 radical (unpaired) electrons. The number of methoxy groups -OCH3 is 1. The number of carbonyl (C=O) groups is 1. The van der Waals surface area contributed by atoms with Crippen molar-refractivity contribution < 1.29 is 19.0 Å². The van der Waals surface area contributed by atoms with Gasteiger partial charge in [0.2, 0.25) is 0 Å². The molecule has 0 spiro atoms. The first kappa shape index (κ1) is 19.9. The van der Waals surface area contributed by atoms with Gasteiger partial charge in [0, 0.05) is 5.41 Å². The summed E-state index contributed by atoms with van der Waals surface area (Å²) in [7, 11) is 1.61. The van der Waals surface area contributed by atoms with Gasteiger partial charge in [-0.15, -0.1) is 0 Å². The molecule has 1 aromatic carbocycles. The lowest BCUT2D eigenvalue weighted by Crippen LogP contribution is -2.33. The Morgan fingerprint density at radius 3 is 2.52 bits per heavy atom. The van der Waals surface area contributed by atoms with Crippen LogP contribution in [0.2, 0.25) is 0 Å². The Kier molecular flexibility index (Phi) is 5.66. The molecule has 4 nitrogen and oxygen atoms in total. The molecule has 3 rings (SSSR count). The number of esters is 1. The molecule has 1 aromatic rings. The molecule has 1 heterocycles. The van der Waals surface area contributed by atoms with Crippen molar-refractivity contribution in [1.29, 1.82) is 0 Å². The maximum absolute atomic E-state index is 12.7. The summed E-state index contributed by atoms with van der Waals surface area (Å²) in [5, 5.41) is 0. The molecule has 1 saturated heterocycles. The molecular weight excluding hydrogens is 340 g/mol. The molecule has 0 bridgehead atoms. The summed E-state index contributed by atoms with van der Waals surface area (Å²) in [4.78, 5) is 12.7. The third-order valence-electron chi connectivity index (χ3n) is 6.10. The number of benzene rings is 1. The molecule has 1 aliphatic heterocycles. The highest BCUT2D eigenvalue weighted by Gasteiger charge is 2.51. The number of fused-ring (bicyclic) bond motifs is 1. The lowest BCUT2D eigenvalue weighted by atomic mass is 9.80. The molecular formula is C23H32O4. The fourth-order valence-electron chi connectivity index (χ4n) is 3.94. The van der Waals surface area contributed by atoms with Crippen molar-refractivity contribution in [3.8, 4) is 5.75 Å². The predicted octanol–water partition coefficient (Wildman–Crippen LogP) is 5.31. The van der Waals surface area contributed by atoms with E-state index in [2.05, 4.69) is 33.8 Å². The monoisotopic (exact) mass is 372 g/mol. The summed E-state index contributed by atoms with van der Waals surface area (Å²) >= 11 is 0. The largest absolute Gasteiger partial charge is 0.497 e. The van der Waals surface area contributed by atoms with Crippen LogP contribution in [-0.4, -0.2) is 30.9 Å². The summed E-state index contributed by atoms with van der Waals surface area (Å²) in [5.74, 6) is 0.444. The first-order valence-corrected chi connectivity index (χ1v) is 9.94. The van der Waals surface area contributed by atoms with Gasteiger partial charge < -0.3 is 14.2 Å². The Hall–Kier alpha value is -1.81. The molecule has 1 aliphatic carbocycles. The lowest BCUT2D eigenvalue weighted by Gasteiger charge is -2.33. The Morgan fingerprint density at radius 1 is 1.15 bits per heavy atom. The molecule has 2 aliphatic rings. The van der Waals surface area contributed by atoms with Gasteiger partial charge in [-0.05, 0) is 76.3 Å². The van der Waals surface area contributed by atoms with E-state index < -0.39 is 0 Å². The van der Waals surface area contributed by atoms with E-state index in [1.54, 1.807) is 31.4 Å². The topological polar surface area (TPSA) is 48.1 Å². The zero-order valence-electron chi connectivity index (χ0n) is 17.2. The van der Waals surface area contributed by atoms with Crippen molar-refractivity contribution in [2.24, 2.45) is 5.41 Å². The highest BCUT2D eigenvalue weighted by molar-refractivity contribution is 5.89. The Balaban J connectivity index is 1.76. The van der Waals surface area contributed by atoms with Crippen LogP contribution in [0.4, 0.5) is 0 Å². The molecule has 0 saturated carbocycles. The summed E-state index contributed by atoms with van der Waals surface area (Å²) in [6.07, 6.45) is 7.43. The number of hydrogen-bond donors (Lipinski definition) is 0. The molecule has 148 valence electrons. The van der Waals surface area contributed by atoms with Crippen LogP contribution < -0.4 is 4.74 Å². The van der Waals surface area contributed by atoms with Gasteiger partial charge in [0.15, 0.2) is 0 Å². The van der Waals surface area contributed by atoms with Crippen LogP contribution in [0.5, 0.6) is 5.75 Å². The molecule has 0 N–H and O–H groups in total. The van der Waals surface area contributed by atoms with Crippen LogP contribution >= 0.6 is 0 Å². The Bertz CT molecular complexity index is 704. The highest BCUT2D eigenvalue weighted by atomic mass is 16.6. The molecule has 4 heteroatoms. The molecule has 3 atom stereocenters. The van der Waals surface area contributed by atoms with E-state index in [9.17, 15) is 4.79 Å². The zero-order valence-corrected chi connectivity index (χ0v) is 17.2. The van der Waals surface area contributed by atoms with E-state index in [1.807, 2.05) is 0 Å². The number of ether oxygens (including phenoxy) is 3. The second-order valence-corrected chi connectivity index (χ2v) is 8.87. The number of rotatable bonds is 3. The number of allylic oxidation sites excluding steroid dienone is 1. The zero-order chi connectivity index (χ0) is 19.7. The second-order valence-electron chi connectivity index (χ2n) is 8.87. The fraction of sp³-hybridized carbons (Fsp3) is 0.609. The minimum atomic E-state index is -0.284. The van der Waals surface area contributed by atoms with Crippen molar-refractivity contribution >= 4 is 5.97 Å². The van der Waals surface area contributed by atoms with E-state index in [1.165, 1.54) is 5.57 Å². The van der Waals surface area contributed by atoms with Crippen molar-refractivity contribution in [2.75, 3.05) is 7.11 Å². The third-order valence-corrected chi connectivity index (χ3v) is 6.10. The minimum Gasteiger partial charge on any atom is -0.497 e. The minimum absolute atomic E-state index is 0.0516. The first-order chi connectivity index (χ1) is 12.7. The van der Waals surface area contributed by atoms with Crippen LogP contribution in [0.1, 0.15) is 70.2 Å². The average molecular weight is 373 g/mol. The SMILES string of the molecule is COc1ccc(C(=O)O[C@H]2C=C(C)CC[C@H]3O[C@]3(C)CCCC2(C)C)cc1. The van der Waals surface area contributed by atoms with Gasteiger partial charge >= 0.3 is 5.97 Å². The van der Waals surface area contributed by atoms with Gasteiger partial charge in [-0.25, -0.2) is 4.79 Å². The summed E-state index contributed by atoms with van der Waals surface area (Å²) in [5.41, 5.74) is 1.73. The predicted molar refractivity (Wildman–Crippen MR) is 106 cm³/mol. The van der Waals surface area contributed by atoms with Gasteiger partial charge in [-0.2, -0.15) is 0 Å². The van der Waals surface area contributed by atoms with Gasteiger partial charge in [0.25, 0.3) is 0 Å². The van der Waals surface area contributed by atoms with Gasteiger partial charge in [-0.3, -0.25) is 0 Å². The fourth-order valence-corrected chi connectivity index (χ4v) is 3.94. The van der Waals surface area contributed by atoms with Crippen molar-refractivity contribution in [2.45, 2.75) is 77.6 Å². The van der Waals surface area contributed by atoms with Gasteiger partial charge in [-0.1, -0.05) is 19.4 Å². The number of epoxide rings is 1. The van der Waals surface area contributed by atoms with Crippen LogP contribution in [0.25, 0.3) is 0 Å². The second kappa shape index (κ2) is 7.67. The van der Waals surface area contributed by atoms with E-state index >= 15 is 0 Å². The van der Waals surface area contributed by atoms with E-state index in [4.69, 9.17) is 14.2 Å². The summed E-state index contributed by atoms with van der Waals surface area (Å²) in [6, 6.07) is 7.07. The molecule has 27 heavy (non-hydrogen) atoms. The van der Waals surface area contributed by atoms with Crippen LogP contribution in [0, 0.1) is 5.41 Å². The smallest absolute Gasteiger partial charge is 0.338 e. The highest BCUT2D eigenvalue weighted by Crippen LogP contribution is 2.45. The lowest BCUT2D eigenvalue weighted by molar-refractivity contribution is 0.00718. The summed E-state index contributed by atoms with van der Waals surface area (Å²) in [6.45, 7) is 8.73. The quantitative estimate of drug-likeness (QED) is 0.409. The average Bonchev–Trinajstić information content (AvgIpc) is 3.28. The molecule has 1 fully saturated rings. The van der Waals surface area contributed by atoms with Crippen molar-refractivity contribution in [3.05, 3.63) is 41.5 Å². The first-order valence-electron chi connectivity index (χ1n) is 9.94. The number of hydrogen-bond acceptors (Lipinski definition) is 4. The molecule has 0 aromatic heterocycles. The van der Waals surface area contributed by atoms with E-state index in [0.29, 0.717) is 11.7 Å². The van der Waals surface area contributed by atoms with Gasteiger partial charge in [0.05, 0.1) is 24.4 Å². The van der Waals surface area contributed by atoms with Crippen molar-refractivity contribution in [1.82, 2.24) is 0 Å². The standard InChI is InChI=1S/C23H32O4/c1-16-7-12-19-23(4,27-19)14-6-13-22(2,3)20(15-16)26-21(24)17-8-10-18(25-5)11-9-17/h8-11,15,19-20H,6-7,12-14H2,1-5H3/t19-,20+,23-/m1/s1. The van der Waals surface area contributed by atoms with Crippen LogP contribution in [-0.2, 0) is 9.47 Å². The third kappa shape index (κ3) is 4.73. The van der Waals surface area contributed by atoms with E-state index in [0.717, 1.165) is 37.9 Å². The maximum atomic E-state index is 12.7.